The number of aryl methyl sites for hydroxylation is 1. The van der Waals surface area contributed by atoms with Crippen molar-refractivity contribution >= 4 is 22.4 Å². The minimum atomic E-state index is 0.0386. The molecule has 2 heterocycles. The molecule has 1 aliphatic rings. The number of piperazine rings is 1. The Balaban J connectivity index is 1.44. The van der Waals surface area contributed by atoms with Crippen molar-refractivity contribution in [2.24, 2.45) is 0 Å². The second-order valence-corrected chi connectivity index (χ2v) is 6.93. The molecular formula is C17H22N4O2S. The number of rotatable bonds is 5. The Kier molecular flexibility index (Phi) is 5.32. The Hall–Kier alpha value is -2.12. The topological polar surface area (TPSA) is 71.7 Å². The van der Waals surface area contributed by atoms with E-state index >= 15 is 0 Å². The van der Waals surface area contributed by atoms with Gasteiger partial charge in [-0.05, 0) is 19.1 Å². The van der Waals surface area contributed by atoms with Crippen LogP contribution in [0.4, 0.5) is 5.13 Å². The lowest BCUT2D eigenvalue weighted by molar-refractivity contribution is -0.135. The maximum absolute atomic E-state index is 12.3. The molecule has 24 heavy (non-hydrogen) atoms. The monoisotopic (exact) mass is 346 g/mol. The zero-order valence-corrected chi connectivity index (χ0v) is 14.6. The number of carbonyl (C=O) groups is 1. The summed E-state index contributed by atoms with van der Waals surface area (Å²) < 4.78 is 5.54. The Morgan fingerprint density at radius 2 is 1.96 bits per heavy atom. The Morgan fingerprint density at radius 1 is 1.25 bits per heavy atom. The van der Waals surface area contributed by atoms with E-state index in [1.807, 2.05) is 42.2 Å². The lowest BCUT2D eigenvalue weighted by Crippen LogP contribution is -2.49. The summed E-state index contributed by atoms with van der Waals surface area (Å²) in [6.45, 7) is 6.10. The molecule has 3 rings (SSSR count). The summed E-state index contributed by atoms with van der Waals surface area (Å²) in [6.07, 6.45) is 0. The standard InChI is InChI=1S/C17H22N4O2S/c1-13-15(24-17(18)19-13)11-20-7-9-21(10-8-20)16(22)12-23-14-5-3-2-4-6-14/h2-6H,7-12H2,1H3,(H2,18,19). The van der Waals surface area contributed by atoms with Gasteiger partial charge in [-0.3, -0.25) is 9.69 Å². The smallest absolute Gasteiger partial charge is 0.260 e. The minimum Gasteiger partial charge on any atom is -0.484 e. The highest BCUT2D eigenvalue weighted by Gasteiger charge is 2.22. The van der Waals surface area contributed by atoms with Gasteiger partial charge in [-0.25, -0.2) is 4.98 Å². The third kappa shape index (κ3) is 4.24. The Bertz CT molecular complexity index is 681. The highest BCUT2D eigenvalue weighted by atomic mass is 32.1. The molecule has 0 radical (unpaired) electrons. The molecule has 128 valence electrons. The number of nitrogens with zero attached hydrogens (tertiary/aromatic N) is 3. The summed E-state index contributed by atoms with van der Waals surface area (Å²) >= 11 is 1.55. The average molecular weight is 346 g/mol. The molecule has 0 spiro atoms. The Morgan fingerprint density at radius 3 is 2.58 bits per heavy atom. The number of aromatic nitrogens is 1. The molecule has 0 atom stereocenters. The van der Waals surface area contributed by atoms with Crippen LogP contribution >= 0.6 is 11.3 Å². The molecule has 0 unspecified atom stereocenters. The number of thiazole rings is 1. The van der Waals surface area contributed by atoms with Gasteiger partial charge in [-0.15, -0.1) is 11.3 Å². The van der Waals surface area contributed by atoms with Crippen molar-refractivity contribution in [3.05, 3.63) is 40.9 Å². The molecular weight excluding hydrogens is 324 g/mol. The van der Waals surface area contributed by atoms with Crippen molar-refractivity contribution < 1.29 is 9.53 Å². The van der Waals surface area contributed by atoms with Gasteiger partial charge < -0.3 is 15.4 Å². The van der Waals surface area contributed by atoms with Gasteiger partial charge >= 0.3 is 0 Å². The number of carbonyl (C=O) groups excluding carboxylic acids is 1. The molecule has 2 N–H and O–H groups in total. The van der Waals surface area contributed by atoms with Gasteiger partial charge in [-0.2, -0.15) is 0 Å². The first-order valence-corrected chi connectivity index (χ1v) is 8.83. The fourth-order valence-corrected chi connectivity index (χ4v) is 3.58. The van der Waals surface area contributed by atoms with E-state index in [4.69, 9.17) is 10.5 Å². The third-order valence-corrected chi connectivity index (χ3v) is 5.08. The molecule has 0 bridgehead atoms. The van der Waals surface area contributed by atoms with Crippen LogP contribution < -0.4 is 10.5 Å². The maximum Gasteiger partial charge on any atom is 0.260 e. The molecule has 0 saturated carbocycles. The van der Waals surface area contributed by atoms with Crippen molar-refractivity contribution in [1.82, 2.24) is 14.8 Å². The SMILES string of the molecule is Cc1nc(N)sc1CN1CCN(C(=O)COc2ccccc2)CC1. The summed E-state index contributed by atoms with van der Waals surface area (Å²) in [5.74, 6) is 0.763. The first kappa shape index (κ1) is 16.7. The number of nitrogen functional groups attached to an aromatic ring is 1. The Labute approximate surface area is 145 Å². The van der Waals surface area contributed by atoms with Crippen molar-refractivity contribution in [2.45, 2.75) is 13.5 Å². The third-order valence-electron chi connectivity index (χ3n) is 4.11. The van der Waals surface area contributed by atoms with Crippen LogP contribution in [0, 0.1) is 6.92 Å². The molecule has 2 aromatic rings. The van der Waals surface area contributed by atoms with Crippen LogP contribution in [0.15, 0.2) is 30.3 Å². The van der Waals surface area contributed by atoms with Crippen molar-refractivity contribution in [2.75, 3.05) is 38.5 Å². The molecule has 1 amide bonds. The number of hydrogen-bond acceptors (Lipinski definition) is 6. The van der Waals surface area contributed by atoms with E-state index in [2.05, 4.69) is 9.88 Å². The van der Waals surface area contributed by atoms with Gasteiger partial charge in [0.2, 0.25) is 0 Å². The predicted molar refractivity (Wildman–Crippen MR) is 95.1 cm³/mol. The molecule has 1 aromatic heterocycles. The fraction of sp³-hybridized carbons (Fsp3) is 0.412. The highest BCUT2D eigenvalue weighted by molar-refractivity contribution is 7.15. The molecule has 1 aromatic carbocycles. The zero-order chi connectivity index (χ0) is 16.9. The first-order chi connectivity index (χ1) is 11.6. The van der Waals surface area contributed by atoms with Crippen molar-refractivity contribution in [1.29, 1.82) is 0 Å². The van der Waals surface area contributed by atoms with Gasteiger partial charge in [0, 0.05) is 37.6 Å². The summed E-state index contributed by atoms with van der Waals surface area (Å²) in [7, 11) is 0. The zero-order valence-electron chi connectivity index (χ0n) is 13.8. The largest absolute Gasteiger partial charge is 0.484 e. The number of benzene rings is 1. The normalized spacial score (nSPS) is 15.5. The highest BCUT2D eigenvalue weighted by Crippen LogP contribution is 2.22. The fourth-order valence-electron chi connectivity index (χ4n) is 2.71. The van der Waals surface area contributed by atoms with E-state index < -0.39 is 0 Å². The summed E-state index contributed by atoms with van der Waals surface area (Å²) in [4.78, 5) is 21.9. The van der Waals surface area contributed by atoms with Crippen LogP contribution in [0.5, 0.6) is 5.75 Å². The van der Waals surface area contributed by atoms with Crippen LogP contribution in [-0.2, 0) is 11.3 Å². The van der Waals surface area contributed by atoms with Crippen LogP contribution in [0.2, 0.25) is 0 Å². The number of nitrogens with two attached hydrogens (primary N) is 1. The summed E-state index contributed by atoms with van der Waals surface area (Å²) in [6, 6.07) is 9.43. The molecule has 0 aliphatic carbocycles. The summed E-state index contributed by atoms with van der Waals surface area (Å²) in [5, 5.41) is 0.620. The lowest BCUT2D eigenvalue weighted by atomic mass is 10.3. The number of amides is 1. The van der Waals surface area contributed by atoms with Crippen molar-refractivity contribution in [3.63, 3.8) is 0 Å². The van der Waals surface area contributed by atoms with Gasteiger partial charge in [0.25, 0.3) is 5.91 Å². The minimum absolute atomic E-state index is 0.0386. The second kappa shape index (κ2) is 7.63. The van der Waals surface area contributed by atoms with Gasteiger partial charge in [-0.1, -0.05) is 18.2 Å². The average Bonchev–Trinajstić information content (AvgIpc) is 2.91. The van der Waals surface area contributed by atoms with E-state index in [1.165, 1.54) is 4.88 Å². The quantitative estimate of drug-likeness (QED) is 0.893. The molecule has 1 fully saturated rings. The molecule has 6 nitrogen and oxygen atoms in total. The van der Waals surface area contributed by atoms with Gasteiger partial charge in [0.05, 0.1) is 5.69 Å². The van der Waals surface area contributed by atoms with E-state index in [0.29, 0.717) is 5.13 Å². The number of hydrogen-bond donors (Lipinski definition) is 1. The van der Waals surface area contributed by atoms with Crippen LogP contribution in [0.25, 0.3) is 0 Å². The van der Waals surface area contributed by atoms with Crippen LogP contribution in [-0.4, -0.2) is 53.5 Å². The van der Waals surface area contributed by atoms with E-state index in [-0.39, 0.29) is 12.5 Å². The molecule has 1 saturated heterocycles. The lowest BCUT2D eigenvalue weighted by Gasteiger charge is -2.34. The van der Waals surface area contributed by atoms with Crippen molar-refractivity contribution in [3.8, 4) is 5.75 Å². The molecule has 7 heteroatoms. The maximum atomic E-state index is 12.3. The van der Waals surface area contributed by atoms with E-state index in [1.54, 1.807) is 11.3 Å². The van der Waals surface area contributed by atoms with E-state index in [0.717, 1.165) is 44.2 Å². The molecule has 1 aliphatic heterocycles. The van der Waals surface area contributed by atoms with Crippen LogP contribution in [0.3, 0.4) is 0 Å². The second-order valence-electron chi connectivity index (χ2n) is 5.82. The number of anilines is 1. The van der Waals surface area contributed by atoms with Gasteiger partial charge in [0.1, 0.15) is 5.75 Å². The predicted octanol–water partition coefficient (Wildman–Crippen LogP) is 1.76. The first-order valence-electron chi connectivity index (χ1n) is 8.01. The number of ether oxygens (including phenoxy) is 1. The van der Waals surface area contributed by atoms with Gasteiger partial charge in [0.15, 0.2) is 11.7 Å². The van der Waals surface area contributed by atoms with E-state index in [9.17, 15) is 4.79 Å². The summed E-state index contributed by atoms with van der Waals surface area (Å²) in [5.41, 5.74) is 6.76. The van der Waals surface area contributed by atoms with Crippen LogP contribution in [0.1, 0.15) is 10.6 Å². The number of para-hydroxylation sites is 1.